The van der Waals surface area contributed by atoms with E-state index in [2.05, 4.69) is 0 Å². The summed E-state index contributed by atoms with van der Waals surface area (Å²) in [5.74, 6) is 0. The monoisotopic (exact) mass is 295 g/mol. The molecule has 6 heteroatoms. The topological polar surface area (TPSA) is 87.2 Å². The van der Waals surface area contributed by atoms with Gasteiger partial charge in [-0.3, -0.25) is 0 Å². The molecule has 1 rings (SSSR count). The van der Waals surface area contributed by atoms with Gasteiger partial charge in [0.1, 0.15) is 0 Å². The highest BCUT2D eigenvalue weighted by atomic mass is 32.2. The standard InChI is InChI=1S/C14H21N3O2S/c1-14(2,10-16)11-17(3)20(18,19)13-6-4-12(5-7-13)8-9-15/h4-7H,8,10-11,16H2,1-3H3. The van der Waals surface area contributed by atoms with Crippen LogP contribution in [0.25, 0.3) is 0 Å². The molecule has 20 heavy (non-hydrogen) atoms. The van der Waals surface area contributed by atoms with Crippen LogP contribution in [0, 0.1) is 16.7 Å². The van der Waals surface area contributed by atoms with E-state index < -0.39 is 10.0 Å². The van der Waals surface area contributed by atoms with Gasteiger partial charge in [-0.05, 0) is 29.7 Å². The highest BCUT2D eigenvalue weighted by Crippen LogP contribution is 2.21. The summed E-state index contributed by atoms with van der Waals surface area (Å²) in [6.07, 6.45) is 0.274. The van der Waals surface area contributed by atoms with Gasteiger partial charge in [-0.25, -0.2) is 12.7 Å². The van der Waals surface area contributed by atoms with Gasteiger partial charge in [0, 0.05) is 13.6 Å². The minimum absolute atomic E-state index is 0.231. The molecule has 0 heterocycles. The number of benzene rings is 1. The van der Waals surface area contributed by atoms with Crippen molar-refractivity contribution in [3.8, 4) is 6.07 Å². The normalized spacial score (nSPS) is 12.4. The lowest BCUT2D eigenvalue weighted by molar-refractivity contribution is 0.292. The van der Waals surface area contributed by atoms with Gasteiger partial charge < -0.3 is 5.73 Å². The Morgan fingerprint density at radius 2 is 1.85 bits per heavy atom. The van der Waals surface area contributed by atoms with Crippen LogP contribution in [0.1, 0.15) is 19.4 Å². The third-order valence-electron chi connectivity index (χ3n) is 3.12. The van der Waals surface area contributed by atoms with Crippen LogP contribution >= 0.6 is 0 Å². The summed E-state index contributed by atoms with van der Waals surface area (Å²) >= 11 is 0. The van der Waals surface area contributed by atoms with Crippen molar-refractivity contribution in [1.29, 1.82) is 5.26 Å². The highest BCUT2D eigenvalue weighted by molar-refractivity contribution is 7.89. The van der Waals surface area contributed by atoms with Gasteiger partial charge in [-0.2, -0.15) is 5.26 Å². The largest absolute Gasteiger partial charge is 0.330 e. The van der Waals surface area contributed by atoms with Crippen LogP contribution in [0.4, 0.5) is 0 Å². The van der Waals surface area contributed by atoms with Crippen LogP contribution in [0.3, 0.4) is 0 Å². The number of nitrogens with two attached hydrogens (primary N) is 1. The van der Waals surface area contributed by atoms with Gasteiger partial charge in [-0.15, -0.1) is 0 Å². The van der Waals surface area contributed by atoms with Gasteiger partial charge in [-0.1, -0.05) is 26.0 Å². The molecule has 0 aromatic heterocycles. The van der Waals surface area contributed by atoms with E-state index in [0.717, 1.165) is 5.56 Å². The van der Waals surface area contributed by atoms with Crippen molar-refractivity contribution in [1.82, 2.24) is 4.31 Å². The summed E-state index contributed by atoms with van der Waals surface area (Å²) in [6, 6.07) is 8.43. The minimum Gasteiger partial charge on any atom is -0.330 e. The van der Waals surface area contributed by atoms with E-state index in [1.54, 1.807) is 19.2 Å². The van der Waals surface area contributed by atoms with Crippen molar-refractivity contribution >= 4 is 10.0 Å². The molecule has 0 atom stereocenters. The molecule has 5 nitrogen and oxygen atoms in total. The Bertz CT molecular complexity index is 586. The number of sulfonamides is 1. The summed E-state index contributed by atoms with van der Waals surface area (Å²) in [5, 5.41) is 8.60. The molecule has 0 unspecified atom stereocenters. The first-order valence-corrected chi connectivity index (χ1v) is 7.79. The van der Waals surface area contributed by atoms with Crippen LogP contribution in [-0.2, 0) is 16.4 Å². The first kappa shape index (κ1) is 16.6. The van der Waals surface area contributed by atoms with Crippen LogP contribution in [0.5, 0.6) is 0 Å². The lowest BCUT2D eigenvalue weighted by Crippen LogP contribution is -2.39. The molecule has 0 aliphatic rings. The van der Waals surface area contributed by atoms with Gasteiger partial charge >= 0.3 is 0 Å². The molecule has 0 bridgehead atoms. The van der Waals surface area contributed by atoms with Gasteiger partial charge in [0.25, 0.3) is 0 Å². The quantitative estimate of drug-likeness (QED) is 0.858. The Labute approximate surface area is 121 Å². The molecular formula is C14H21N3O2S. The van der Waals surface area contributed by atoms with Crippen molar-refractivity contribution in [3.63, 3.8) is 0 Å². The maximum absolute atomic E-state index is 12.4. The molecule has 2 N–H and O–H groups in total. The molecule has 0 spiro atoms. The van der Waals surface area contributed by atoms with Crippen LogP contribution < -0.4 is 5.73 Å². The number of nitrogens with zero attached hydrogens (tertiary/aromatic N) is 2. The minimum atomic E-state index is -3.52. The molecule has 0 saturated heterocycles. The maximum atomic E-state index is 12.4. The molecule has 1 aromatic carbocycles. The first-order valence-electron chi connectivity index (χ1n) is 6.35. The summed E-state index contributed by atoms with van der Waals surface area (Å²) < 4.78 is 26.1. The Morgan fingerprint density at radius 1 is 1.30 bits per heavy atom. The van der Waals surface area contributed by atoms with Crippen molar-refractivity contribution in [3.05, 3.63) is 29.8 Å². The SMILES string of the molecule is CN(CC(C)(C)CN)S(=O)(=O)c1ccc(CC#N)cc1. The smallest absolute Gasteiger partial charge is 0.242 e. The number of hydrogen-bond acceptors (Lipinski definition) is 4. The predicted molar refractivity (Wildman–Crippen MR) is 78.4 cm³/mol. The molecule has 0 aliphatic carbocycles. The third-order valence-corrected chi connectivity index (χ3v) is 4.94. The molecule has 0 fully saturated rings. The second-order valence-corrected chi connectivity index (χ2v) is 7.65. The molecule has 0 saturated carbocycles. The zero-order chi connectivity index (χ0) is 15.4. The highest BCUT2D eigenvalue weighted by Gasteiger charge is 2.27. The Balaban J connectivity index is 2.96. The zero-order valence-corrected chi connectivity index (χ0v) is 12.9. The molecular weight excluding hydrogens is 274 g/mol. The number of hydrogen-bond donors (Lipinski definition) is 1. The van der Waals surface area contributed by atoms with Crippen molar-refractivity contribution in [2.45, 2.75) is 25.2 Å². The second kappa shape index (κ2) is 6.35. The average molecular weight is 295 g/mol. The lowest BCUT2D eigenvalue weighted by atomic mass is 9.94. The number of rotatable bonds is 6. The van der Waals surface area contributed by atoms with E-state index in [0.29, 0.717) is 13.1 Å². The summed E-state index contributed by atoms with van der Waals surface area (Å²) in [7, 11) is -1.97. The fourth-order valence-corrected chi connectivity index (χ4v) is 3.16. The fraction of sp³-hybridized carbons (Fsp3) is 0.500. The van der Waals surface area contributed by atoms with E-state index in [1.807, 2.05) is 19.9 Å². The molecule has 0 aliphatic heterocycles. The molecule has 0 radical (unpaired) electrons. The number of nitriles is 1. The van der Waals surface area contributed by atoms with E-state index in [1.165, 1.54) is 16.4 Å². The summed E-state index contributed by atoms with van der Waals surface area (Å²) in [4.78, 5) is 0.231. The van der Waals surface area contributed by atoms with Gasteiger partial charge in [0.15, 0.2) is 0 Å². The van der Waals surface area contributed by atoms with E-state index in [4.69, 9.17) is 11.0 Å². The molecule has 110 valence electrons. The Morgan fingerprint density at radius 3 is 2.30 bits per heavy atom. The van der Waals surface area contributed by atoms with Crippen LogP contribution in [0.15, 0.2) is 29.2 Å². The van der Waals surface area contributed by atoms with Gasteiger partial charge in [0.2, 0.25) is 10.0 Å². The van der Waals surface area contributed by atoms with E-state index >= 15 is 0 Å². The molecule has 0 amide bonds. The predicted octanol–water partition coefficient (Wildman–Crippen LogP) is 1.36. The van der Waals surface area contributed by atoms with Crippen LogP contribution in [-0.4, -0.2) is 32.9 Å². The maximum Gasteiger partial charge on any atom is 0.242 e. The first-order chi connectivity index (χ1) is 9.23. The van der Waals surface area contributed by atoms with Crippen LogP contribution in [0.2, 0.25) is 0 Å². The summed E-state index contributed by atoms with van der Waals surface area (Å²) in [6.45, 7) is 4.61. The van der Waals surface area contributed by atoms with Crippen molar-refractivity contribution in [2.75, 3.05) is 20.1 Å². The van der Waals surface area contributed by atoms with E-state index in [9.17, 15) is 8.42 Å². The lowest BCUT2D eigenvalue weighted by Gasteiger charge is -2.28. The summed E-state index contributed by atoms with van der Waals surface area (Å²) in [5.41, 5.74) is 6.16. The Kier molecular flexibility index (Phi) is 5.28. The zero-order valence-electron chi connectivity index (χ0n) is 12.1. The second-order valence-electron chi connectivity index (χ2n) is 5.61. The average Bonchev–Trinajstić information content (AvgIpc) is 2.39. The Hall–Kier alpha value is -1.42. The van der Waals surface area contributed by atoms with Crippen molar-refractivity contribution in [2.24, 2.45) is 11.1 Å². The van der Waals surface area contributed by atoms with E-state index in [-0.39, 0.29) is 16.7 Å². The van der Waals surface area contributed by atoms with Crippen molar-refractivity contribution < 1.29 is 8.42 Å². The van der Waals surface area contributed by atoms with Gasteiger partial charge in [0.05, 0.1) is 17.4 Å². The third kappa shape index (κ3) is 4.04. The molecule has 1 aromatic rings. The fourth-order valence-electron chi connectivity index (χ4n) is 1.80.